The number of aryl methyl sites for hydroxylation is 2. The first-order chi connectivity index (χ1) is 8.70. The normalized spacial score (nSPS) is 10.4. The highest BCUT2D eigenvalue weighted by atomic mass is 32.2. The van der Waals surface area contributed by atoms with Gasteiger partial charge in [0.15, 0.2) is 0 Å². The molecule has 1 N–H and O–H groups in total. The number of rotatable bonds is 4. The Hall–Kier alpha value is -1.41. The van der Waals surface area contributed by atoms with Crippen molar-refractivity contribution < 1.29 is 0 Å². The van der Waals surface area contributed by atoms with E-state index < -0.39 is 0 Å². The van der Waals surface area contributed by atoms with Gasteiger partial charge in [0.1, 0.15) is 0 Å². The predicted octanol–water partition coefficient (Wildman–Crippen LogP) is 4.64. The lowest BCUT2D eigenvalue weighted by Crippen LogP contribution is -2.03. The van der Waals surface area contributed by atoms with E-state index in [-0.39, 0.29) is 0 Å². The number of anilines is 1. The Morgan fingerprint density at radius 1 is 0.944 bits per heavy atom. The maximum Gasteiger partial charge on any atom is 0.0406 e. The first-order valence-electron chi connectivity index (χ1n) is 6.13. The highest BCUT2D eigenvalue weighted by Gasteiger charge is 2.01. The van der Waals surface area contributed by atoms with E-state index in [1.54, 1.807) is 11.8 Å². The first-order valence-corrected chi connectivity index (χ1v) is 7.36. The van der Waals surface area contributed by atoms with Gasteiger partial charge in [0.05, 0.1) is 0 Å². The average molecular weight is 257 g/mol. The van der Waals surface area contributed by atoms with E-state index in [4.69, 9.17) is 0 Å². The van der Waals surface area contributed by atoms with Crippen molar-refractivity contribution in [1.82, 2.24) is 0 Å². The van der Waals surface area contributed by atoms with Gasteiger partial charge in [-0.3, -0.25) is 0 Å². The van der Waals surface area contributed by atoms with Crippen LogP contribution in [0.5, 0.6) is 0 Å². The molecule has 0 atom stereocenters. The van der Waals surface area contributed by atoms with Gasteiger partial charge in [0.25, 0.3) is 0 Å². The molecule has 2 aromatic rings. The van der Waals surface area contributed by atoms with Crippen LogP contribution < -0.4 is 5.32 Å². The molecule has 0 unspecified atom stereocenters. The molecule has 0 amide bonds. The van der Waals surface area contributed by atoms with Crippen LogP contribution in [0, 0.1) is 13.8 Å². The van der Waals surface area contributed by atoms with Crippen molar-refractivity contribution in [1.29, 1.82) is 0 Å². The zero-order chi connectivity index (χ0) is 13.0. The third kappa shape index (κ3) is 3.08. The molecule has 0 aliphatic heterocycles. The van der Waals surface area contributed by atoms with Gasteiger partial charge < -0.3 is 5.32 Å². The van der Waals surface area contributed by atoms with Crippen molar-refractivity contribution in [2.24, 2.45) is 0 Å². The largest absolute Gasteiger partial charge is 0.381 e. The van der Waals surface area contributed by atoms with Crippen LogP contribution in [-0.2, 0) is 6.54 Å². The molecule has 2 aromatic carbocycles. The van der Waals surface area contributed by atoms with E-state index in [1.807, 2.05) is 0 Å². The zero-order valence-electron chi connectivity index (χ0n) is 11.2. The molecule has 0 heterocycles. The number of benzene rings is 2. The minimum atomic E-state index is 0.886. The summed E-state index contributed by atoms with van der Waals surface area (Å²) in [6, 6.07) is 15.0. The molecular weight excluding hydrogens is 238 g/mol. The number of nitrogens with one attached hydrogen (secondary N) is 1. The Morgan fingerprint density at radius 3 is 2.11 bits per heavy atom. The lowest BCUT2D eigenvalue weighted by Gasteiger charge is -2.12. The van der Waals surface area contributed by atoms with E-state index in [1.165, 1.54) is 27.3 Å². The molecule has 0 saturated heterocycles. The van der Waals surface area contributed by atoms with Crippen LogP contribution in [0.15, 0.2) is 47.4 Å². The summed E-state index contributed by atoms with van der Waals surface area (Å²) in [5.74, 6) is 0. The highest BCUT2D eigenvalue weighted by molar-refractivity contribution is 7.98. The Labute approximate surface area is 114 Å². The van der Waals surface area contributed by atoms with Crippen molar-refractivity contribution >= 4 is 17.4 Å². The molecule has 0 aliphatic rings. The van der Waals surface area contributed by atoms with Gasteiger partial charge in [-0.25, -0.2) is 0 Å². The predicted molar refractivity (Wildman–Crippen MR) is 81.5 cm³/mol. The molecule has 18 heavy (non-hydrogen) atoms. The van der Waals surface area contributed by atoms with E-state index in [0.29, 0.717) is 0 Å². The van der Waals surface area contributed by atoms with Crippen LogP contribution in [0.3, 0.4) is 0 Å². The van der Waals surface area contributed by atoms with Gasteiger partial charge in [0, 0.05) is 17.1 Å². The minimum Gasteiger partial charge on any atom is -0.381 e. The summed E-state index contributed by atoms with van der Waals surface area (Å²) in [5, 5.41) is 3.48. The fraction of sp³-hybridized carbons (Fsp3) is 0.250. The van der Waals surface area contributed by atoms with Crippen molar-refractivity contribution in [2.75, 3.05) is 11.6 Å². The standard InChI is InChI=1S/C16H19NS/c1-12-5-4-6-13(2)16(12)11-17-14-7-9-15(18-3)10-8-14/h4-10,17H,11H2,1-3H3. The summed E-state index contributed by atoms with van der Waals surface area (Å²) in [6.07, 6.45) is 2.10. The summed E-state index contributed by atoms with van der Waals surface area (Å²) in [4.78, 5) is 1.30. The van der Waals surface area contributed by atoms with E-state index >= 15 is 0 Å². The van der Waals surface area contributed by atoms with Crippen molar-refractivity contribution in [3.05, 3.63) is 59.2 Å². The lowest BCUT2D eigenvalue weighted by atomic mass is 10.0. The van der Waals surface area contributed by atoms with Gasteiger partial charge in [0.2, 0.25) is 0 Å². The molecule has 0 fully saturated rings. The van der Waals surface area contributed by atoms with E-state index in [0.717, 1.165) is 6.54 Å². The summed E-state index contributed by atoms with van der Waals surface area (Å²) >= 11 is 1.77. The smallest absolute Gasteiger partial charge is 0.0406 e. The molecule has 0 spiro atoms. The highest BCUT2D eigenvalue weighted by Crippen LogP contribution is 2.19. The monoisotopic (exact) mass is 257 g/mol. The Balaban J connectivity index is 2.06. The van der Waals surface area contributed by atoms with Crippen LogP contribution in [0.2, 0.25) is 0 Å². The van der Waals surface area contributed by atoms with Crippen LogP contribution in [0.25, 0.3) is 0 Å². The quantitative estimate of drug-likeness (QED) is 0.801. The fourth-order valence-corrected chi connectivity index (χ4v) is 2.44. The van der Waals surface area contributed by atoms with Crippen molar-refractivity contribution in [3.63, 3.8) is 0 Å². The Bertz CT molecular complexity index is 497. The van der Waals surface area contributed by atoms with Gasteiger partial charge in [-0.15, -0.1) is 11.8 Å². The maximum absolute atomic E-state index is 3.48. The molecule has 2 heteroatoms. The van der Waals surface area contributed by atoms with Gasteiger partial charge in [-0.05, 0) is 61.1 Å². The third-order valence-corrected chi connectivity index (χ3v) is 3.95. The summed E-state index contributed by atoms with van der Waals surface area (Å²) in [7, 11) is 0. The lowest BCUT2D eigenvalue weighted by molar-refractivity contribution is 1.09. The van der Waals surface area contributed by atoms with Gasteiger partial charge in [-0.2, -0.15) is 0 Å². The molecule has 0 saturated carbocycles. The molecule has 1 nitrogen and oxygen atoms in total. The van der Waals surface area contributed by atoms with Crippen molar-refractivity contribution in [2.45, 2.75) is 25.3 Å². The zero-order valence-corrected chi connectivity index (χ0v) is 12.0. The number of hydrogen-bond acceptors (Lipinski definition) is 2. The van der Waals surface area contributed by atoms with Crippen molar-refractivity contribution in [3.8, 4) is 0 Å². The minimum absolute atomic E-state index is 0.886. The Kier molecular flexibility index (Phi) is 4.32. The SMILES string of the molecule is CSc1ccc(NCc2c(C)cccc2C)cc1. The Morgan fingerprint density at radius 2 is 1.56 bits per heavy atom. The summed E-state index contributed by atoms with van der Waals surface area (Å²) < 4.78 is 0. The first kappa shape index (κ1) is 13.0. The van der Waals surface area contributed by atoms with E-state index in [9.17, 15) is 0 Å². The molecule has 94 valence electrons. The molecule has 0 aliphatic carbocycles. The topological polar surface area (TPSA) is 12.0 Å². The second kappa shape index (κ2) is 5.96. The average Bonchev–Trinajstić information content (AvgIpc) is 2.39. The summed E-state index contributed by atoms with van der Waals surface area (Å²) in [6.45, 7) is 5.22. The number of thioether (sulfide) groups is 1. The summed E-state index contributed by atoms with van der Waals surface area (Å²) in [5.41, 5.74) is 5.27. The number of hydrogen-bond donors (Lipinski definition) is 1. The van der Waals surface area contributed by atoms with Crippen LogP contribution in [-0.4, -0.2) is 6.26 Å². The molecule has 0 bridgehead atoms. The van der Waals surface area contributed by atoms with Crippen LogP contribution in [0.1, 0.15) is 16.7 Å². The third-order valence-electron chi connectivity index (χ3n) is 3.20. The molecule has 0 aromatic heterocycles. The second-order valence-electron chi connectivity index (χ2n) is 4.45. The van der Waals surface area contributed by atoms with Crippen LogP contribution in [0.4, 0.5) is 5.69 Å². The molecule has 0 radical (unpaired) electrons. The maximum atomic E-state index is 3.48. The molecular formula is C16H19NS. The fourth-order valence-electron chi connectivity index (χ4n) is 2.03. The van der Waals surface area contributed by atoms with Crippen LogP contribution >= 0.6 is 11.8 Å². The van der Waals surface area contributed by atoms with E-state index in [2.05, 4.69) is 67.9 Å². The second-order valence-corrected chi connectivity index (χ2v) is 5.33. The molecule has 2 rings (SSSR count). The van der Waals surface area contributed by atoms with Gasteiger partial charge in [-0.1, -0.05) is 18.2 Å². The van der Waals surface area contributed by atoms with Gasteiger partial charge >= 0.3 is 0 Å².